The van der Waals surface area contributed by atoms with Gasteiger partial charge in [-0.05, 0) is 48.7 Å². The van der Waals surface area contributed by atoms with Gasteiger partial charge < -0.3 is 15.2 Å². The summed E-state index contributed by atoms with van der Waals surface area (Å²) in [5.74, 6) is -0.290. The maximum Gasteiger partial charge on any atom is 0.325 e. The van der Waals surface area contributed by atoms with Crippen LogP contribution >= 0.6 is 11.6 Å². The van der Waals surface area contributed by atoms with Gasteiger partial charge in [-0.3, -0.25) is 14.5 Å². The lowest BCUT2D eigenvalue weighted by molar-refractivity contribution is -0.133. The number of likely N-dealkylation sites (tertiary alicyclic amines) is 1. The molecule has 2 aromatic carbocycles. The van der Waals surface area contributed by atoms with Gasteiger partial charge in [-0.25, -0.2) is 4.79 Å². The number of hydrogen-bond acceptors (Lipinski definition) is 3. The molecule has 2 aliphatic rings. The summed E-state index contributed by atoms with van der Waals surface area (Å²) in [5, 5.41) is 4.38. The van der Waals surface area contributed by atoms with Crippen molar-refractivity contribution in [1.29, 1.82) is 0 Å². The Bertz CT molecular complexity index is 1180. The second-order valence-corrected chi connectivity index (χ2v) is 8.50. The molecule has 31 heavy (non-hydrogen) atoms. The molecule has 2 fully saturated rings. The molecular formula is C23H21ClN4O3. The van der Waals surface area contributed by atoms with Crippen molar-refractivity contribution in [1.82, 2.24) is 20.1 Å². The number of benzene rings is 2. The number of amides is 4. The molecule has 3 aromatic rings. The van der Waals surface area contributed by atoms with Crippen LogP contribution < -0.4 is 5.32 Å². The highest BCUT2D eigenvalue weighted by molar-refractivity contribution is 6.30. The predicted octanol–water partition coefficient (Wildman–Crippen LogP) is 3.55. The molecule has 0 atom stereocenters. The number of rotatable bonds is 3. The average molecular weight is 437 g/mol. The van der Waals surface area contributed by atoms with Crippen molar-refractivity contribution >= 4 is 40.3 Å². The van der Waals surface area contributed by atoms with Crippen LogP contribution in [0.5, 0.6) is 0 Å². The molecule has 2 aliphatic heterocycles. The third kappa shape index (κ3) is 3.35. The van der Waals surface area contributed by atoms with Crippen LogP contribution in [-0.4, -0.2) is 51.3 Å². The fraction of sp³-hybridized carbons (Fsp3) is 0.261. The molecule has 0 unspecified atom stereocenters. The molecule has 4 amide bonds. The number of aromatic amines is 1. The number of piperidine rings is 1. The van der Waals surface area contributed by atoms with E-state index in [1.807, 2.05) is 30.5 Å². The van der Waals surface area contributed by atoms with Crippen molar-refractivity contribution in [2.75, 3.05) is 13.1 Å². The Kier molecular flexibility index (Phi) is 4.70. The van der Waals surface area contributed by atoms with Crippen molar-refractivity contribution in [2.45, 2.75) is 24.9 Å². The van der Waals surface area contributed by atoms with Crippen LogP contribution in [-0.2, 0) is 11.3 Å². The first-order valence-electron chi connectivity index (χ1n) is 10.2. The Labute approximate surface area is 184 Å². The second kappa shape index (κ2) is 7.42. The molecule has 5 rings (SSSR count). The van der Waals surface area contributed by atoms with Crippen molar-refractivity contribution in [3.63, 3.8) is 0 Å². The molecule has 1 spiro atoms. The van der Waals surface area contributed by atoms with E-state index in [2.05, 4.69) is 10.3 Å². The number of aromatic nitrogens is 1. The number of nitrogens with one attached hydrogen (secondary N) is 2. The van der Waals surface area contributed by atoms with Gasteiger partial charge in [-0.15, -0.1) is 0 Å². The van der Waals surface area contributed by atoms with Crippen molar-refractivity contribution in [3.8, 4) is 0 Å². The van der Waals surface area contributed by atoms with E-state index in [1.165, 1.54) is 4.90 Å². The summed E-state index contributed by atoms with van der Waals surface area (Å²) >= 11 is 5.92. The minimum atomic E-state index is -0.944. The first kappa shape index (κ1) is 19.6. The molecule has 3 heterocycles. The number of urea groups is 1. The fourth-order valence-corrected chi connectivity index (χ4v) is 4.59. The lowest BCUT2D eigenvalue weighted by Crippen LogP contribution is -2.55. The van der Waals surface area contributed by atoms with Crippen molar-refractivity contribution in [2.24, 2.45) is 0 Å². The van der Waals surface area contributed by atoms with E-state index in [9.17, 15) is 14.4 Å². The summed E-state index contributed by atoms with van der Waals surface area (Å²) in [6.45, 7) is 1.00. The van der Waals surface area contributed by atoms with Gasteiger partial charge >= 0.3 is 6.03 Å². The largest absolute Gasteiger partial charge is 0.361 e. The molecule has 158 valence electrons. The number of halogens is 1. The Balaban J connectivity index is 1.29. The molecule has 0 saturated carbocycles. The van der Waals surface area contributed by atoms with E-state index in [0.29, 0.717) is 36.5 Å². The summed E-state index contributed by atoms with van der Waals surface area (Å²) in [6.07, 6.45) is 2.60. The zero-order valence-electron chi connectivity index (χ0n) is 16.7. The molecule has 0 aliphatic carbocycles. The molecule has 2 N–H and O–H groups in total. The van der Waals surface area contributed by atoms with E-state index in [1.54, 1.807) is 29.2 Å². The van der Waals surface area contributed by atoms with E-state index in [4.69, 9.17) is 11.6 Å². The van der Waals surface area contributed by atoms with Gasteiger partial charge in [0.2, 0.25) is 0 Å². The quantitative estimate of drug-likeness (QED) is 0.616. The minimum Gasteiger partial charge on any atom is -0.361 e. The molecule has 0 bridgehead atoms. The van der Waals surface area contributed by atoms with Gasteiger partial charge in [0.15, 0.2) is 0 Å². The molecule has 7 nitrogen and oxygen atoms in total. The number of nitrogens with zero attached hydrogens (tertiary/aromatic N) is 2. The number of imide groups is 1. The number of carbonyl (C=O) groups is 3. The molecule has 8 heteroatoms. The summed E-state index contributed by atoms with van der Waals surface area (Å²) in [6, 6.07) is 14.2. The Morgan fingerprint density at radius 3 is 2.52 bits per heavy atom. The summed E-state index contributed by atoms with van der Waals surface area (Å²) in [7, 11) is 0. The Hall–Kier alpha value is -3.32. The van der Waals surface area contributed by atoms with Crippen LogP contribution in [0.25, 0.3) is 10.9 Å². The van der Waals surface area contributed by atoms with Crippen molar-refractivity contribution in [3.05, 3.63) is 70.9 Å². The topological polar surface area (TPSA) is 85.5 Å². The minimum absolute atomic E-state index is 0.0603. The molecular weight excluding hydrogens is 416 g/mol. The highest BCUT2D eigenvalue weighted by Crippen LogP contribution is 2.31. The number of carbonyl (C=O) groups excluding carboxylic acids is 3. The number of hydrogen-bond donors (Lipinski definition) is 2. The fourth-order valence-electron chi connectivity index (χ4n) is 4.46. The molecule has 0 radical (unpaired) electrons. The maximum atomic E-state index is 13.2. The van der Waals surface area contributed by atoms with Crippen LogP contribution in [0.3, 0.4) is 0 Å². The summed E-state index contributed by atoms with van der Waals surface area (Å²) in [4.78, 5) is 45.0. The van der Waals surface area contributed by atoms with E-state index >= 15 is 0 Å². The monoisotopic (exact) mass is 436 g/mol. The van der Waals surface area contributed by atoms with Gasteiger partial charge in [0.25, 0.3) is 11.8 Å². The van der Waals surface area contributed by atoms with Crippen LogP contribution in [0.15, 0.2) is 54.7 Å². The van der Waals surface area contributed by atoms with Gasteiger partial charge in [0, 0.05) is 40.8 Å². The Morgan fingerprint density at radius 2 is 1.77 bits per heavy atom. The van der Waals surface area contributed by atoms with Gasteiger partial charge in [-0.1, -0.05) is 29.8 Å². The van der Waals surface area contributed by atoms with E-state index in [0.717, 1.165) is 16.5 Å². The highest BCUT2D eigenvalue weighted by atomic mass is 35.5. The smallest absolute Gasteiger partial charge is 0.325 e. The van der Waals surface area contributed by atoms with Crippen LogP contribution in [0.2, 0.25) is 5.02 Å². The lowest BCUT2D eigenvalue weighted by Gasteiger charge is -2.37. The summed E-state index contributed by atoms with van der Waals surface area (Å²) in [5.41, 5.74) is 1.44. The third-order valence-corrected chi connectivity index (χ3v) is 6.48. The Morgan fingerprint density at radius 1 is 1.03 bits per heavy atom. The van der Waals surface area contributed by atoms with Gasteiger partial charge in [-0.2, -0.15) is 0 Å². The zero-order valence-corrected chi connectivity index (χ0v) is 17.5. The summed E-state index contributed by atoms with van der Waals surface area (Å²) < 4.78 is 0. The van der Waals surface area contributed by atoms with E-state index < -0.39 is 11.6 Å². The lowest BCUT2D eigenvalue weighted by atomic mass is 9.87. The zero-order chi connectivity index (χ0) is 21.6. The SMILES string of the molecule is O=C(c1cccc2[nH]ccc12)N1CCC2(CC1)NC(=O)N(Cc1ccc(Cl)cc1)C2=O. The third-order valence-electron chi connectivity index (χ3n) is 6.23. The van der Waals surface area contributed by atoms with Crippen LogP contribution in [0.4, 0.5) is 4.79 Å². The van der Waals surface area contributed by atoms with Crippen LogP contribution in [0.1, 0.15) is 28.8 Å². The van der Waals surface area contributed by atoms with E-state index in [-0.39, 0.29) is 18.4 Å². The average Bonchev–Trinajstić information content (AvgIpc) is 3.34. The van der Waals surface area contributed by atoms with Crippen molar-refractivity contribution < 1.29 is 14.4 Å². The first-order valence-corrected chi connectivity index (χ1v) is 10.6. The van der Waals surface area contributed by atoms with Crippen LogP contribution in [0, 0.1) is 0 Å². The normalized spacial score (nSPS) is 18.1. The maximum absolute atomic E-state index is 13.2. The van der Waals surface area contributed by atoms with Gasteiger partial charge in [0.1, 0.15) is 5.54 Å². The predicted molar refractivity (Wildman–Crippen MR) is 117 cm³/mol. The second-order valence-electron chi connectivity index (χ2n) is 8.07. The first-order chi connectivity index (χ1) is 15.0. The standard InChI is InChI=1S/C23H21ClN4O3/c24-16-6-4-15(5-7-16)14-28-21(30)23(26-22(28)31)9-12-27(13-10-23)20(29)18-2-1-3-19-17(18)8-11-25-19/h1-8,11,25H,9-10,12-14H2,(H,26,31). The highest BCUT2D eigenvalue weighted by Gasteiger charge is 2.52. The van der Waals surface area contributed by atoms with Gasteiger partial charge in [0.05, 0.1) is 6.54 Å². The molecule has 1 aromatic heterocycles. The molecule has 2 saturated heterocycles. The number of fused-ring (bicyclic) bond motifs is 1. The number of H-pyrrole nitrogens is 1.